The molecule has 0 saturated heterocycles. The van der Waals surface area contributed by atoms with Crippen LogP contribution in [0.5, 0.6) is 0 Å². The summed E-state index contributed by atoms with van der Waals surface area (Å²) in [6, 6.07) is 2.57. The van der Waals surface area contributed by atoms with E-state index in [0.29, 0.717) is 12.2 Å². The summed E-state index contributed by atoms with van der Waals surface area (Å²) in [5, 5.41) is 17.4. The minimum Gasteiger partial charge on any atom is -0.381 e. The summed E-state index contributed by atoms with van der Waals surface area (Å²) in [7, 11) is 0. The molecule has 0 aliphatic heterocycles. The van der Waals surface area contributed by atoms with E-state index < -0.39 is 4.92 Å². The Labute approximate surface area is 116 Å². The number of nitrogens with zero attached hydrogens (tertiary/aromatic N) is 1. The Morgan fingerprint density at radius 3 is 2.33 bits per heavy atom. The molecule has 0 aliphatic rings. The second kappa shape index (κ2) is 7.41. The zero-order chi connectivity index (χ0) is 13.5. The Morgan fingerprint density at radius 2 is 1.83 bits per heavy atom. The van der Waals surface area contributed by atoms with E-state index in [1.165, 1.54) is 12.1 Å². The summed E-state index contributed by atoms with van der Waals surface area (Å²) in [4.78, 5) is 10.1. The van der Waals surface area contributed by atoms with Crippen LogP contribution < -0.4 is 10.6 Å². The first-order valence-corrected chi connectivity index (χ1v) is 6.40. The molecule has 2 N–H and O–H groups in total. The van der Waals surface area contributed by atoms with Crippen molar-refractivity contribution in [3.05, 3.63) is 32.3 Å². The lowest BCUT2D eigenvalue weighted by atomic mass is 10.2. The summed E-state index contributed by atoms with van der Waals surface area (Å²) in [5.74, 6) is 0. The van der Waals surface area contributed by atoms with Gasteiger partial charge in [-0.15, -0.1) is 0 Å². The maximum atomic E-state index is 10.6. The van der Waals surface area contributed by atoms with Gasteiger partial charge in [-0.25, -0.2) is 0 Å². The van der Waals surface area contributed by atoms with Crippen LogP contribution in [0, 0.1) is 10.1 Å². The Kier molecular flexibility index (Phi) is 6.18. The van der Waals surface area contributed by atoms with Gasteiger partial charge < -0.3 is 10.6 Å². The average molecular weight is 292 g/mol. The summed E-state index contributed by atoms with van der Waals surface area (Å²) in [5.41, 5.74) is 0.418. The van der Waals surface area contributed by atoms with Crippen LogP contribution in [-0.4, -0.2) is 24.6 Å². The van der Waals surface area contributed by atoms with E-state index in [9.17, 15) is 10.1 Å². The molecule has 1 aromatic carbocycles. The van der Waals surface area contributed by atoms with E-state index in [1.807, 2.05) is 0 Å². The first kappa shape index (κ1) is 15.0. The van der Waals surface area contributed by atoms with Gasteiger partial charge in [-0.1, -0.05) is 30.1 Å². The maximum absolute atomic E-state index is 10.6. The second-order valence-electron chi connectivity index (χ2n) is 3.72. The van der Waals surface area contributed by atoms with Crippen molar-refractivity contribution in [3.63, 3.8) is 0 Å². The van der Waals surface area contributed by atoms with Crippen molar-refractivity contribution in [1.82, 2.24) is 5.32 Å². The number of hydrogen-bond acceptors (Lipinski definition) is 4. The van der Waals surface area contributed by atoms with Crippen molar-refractivity contribution in [2.24, 2.45) is 0 Å². The quantitative estimate of drug-likeness (QED) is 0.459. The van der Waals surface area contributed by atoms with Crippen LogP contribution >= 0.6 is 23.2 Å². The zero-order valence-corrected chi connectivity index (χ0v) is 11.5. The third-order valence-electron chi connectivity index (χ3n) is 2.27. The molecule has 0 atom stereocenters. The molecule has 0 saturated carbocycles. The molecule has 0 bridgehead atoms. The molecule has 0 unspecified atom stereocenters. The van der Waals surface area contributed by atoms with Crippen molar-refractivity contribution in [2.45, 2.75) is 13.3 Å². The monoisotopic (exact) mass is 291 g/mol. The van der Waals surface area contributed by atoms with Crippen molar-refractivity contribution < 1.29 is 4.92 Å². The Balaban J connectivity index is 2.63. The number of nitro groups is 1. The molecule has 1 rings (SSSR count). The fraction of sp³-hybridized carbons (Fsp3) is 0.455. The molecule has 0 radical (unpaired) electrons. The van der Waals surface area contributed by atoms with E-state index >= 15 is 0 Å². The van der Waals surface area contributed by atoms with Crippen LogP contribution in [0.15, 0.2) is 12.1 Å². The smallest absolute Gasteiger partial charge is 0.272 e. The fourth-order valence-corrected chi connectivity index (χ4v) is 2.02. The third-order valence-corrected chi connectivity index (χ3v) is 2.86. The summed E-state index contributed by atoms with van der Waals surface area (Å²) in [6.07, 6.45) is 1.07. The molecule has 0 heterocycles. The molecule has 0 fully saturated rings. The van der Waals surface area contributed by atoms with Crippen molar-refractivity contribution >= 4 is 34.6 Å². The number of nitrogens with one attached hydrogen (secondary N) is 2. The van der Waals surface area contributed by atoms with E-state index in [0.717, 1.165) is 19.5 Å². The molecule has 0 aliphatic carbocycles. The number of halogens is 2. The SMILES string of the molecule is CCCNCCNc1c(Cl)cc([N+](=O)[O-])cc1Cl. The minimum absolute atomic E-state index is 0.111. The van der Waals surface area contributed by atoms with Gasteiger partial charge >= 0.3 is 0 Å². The van der Waals surface area contributed by atoms with Gasteiger partial charge in [0.15, 0.2) is 0 Å². The van der Waals surface area contributed by atoms with Crippen LogP contribution in [0.25, 0.3) is 0 Å². The molecule has 0 spiro atoms. The van der Waals surface area contributed by atoms with Gasteiger partial charge in [0.05, 0.1) is 20.7 Å². The van der Waals surface area contributed by atoms with Crippen molar-refractivity contribution in [1.29, 1.82) is 0 Å². The summed E-state index contributed by atoms with van der Waals surface area (Å²) >= 11 is 11.9. The van der Waals surface area contributed by atoms with Gasteiger partial charge in [-0.3, -0.25) is 10.1 Å². The van der Waals surface area contributed by atoms with Crippen LogP contribution in [0.3, 0.4) is 0 Å². The number of non-ortho nitro benzene ring substituents is 1. The molecule has 100 valence electrons. The van der Waals surface area contributed by atoms with Crippen molar-refractivity contribution in [2.75, 3.05) is 25.0 Å². The van der Waals surface area contributed by atoms with E-state index in [-0.39, 0.29) is 15.7 Å². The first-order valence-electron chi connectivity index (χ1n) is 5.64. The molecule has 5 nitrogen and oxygen atoms in total. The van der Waals surface area contributed by atoms with Crippen molar-refractivity contribution in [3.8, 4) is 0 Å². The molecule has 1 aromatic rings. The summed E-state index contributed by atoms with van der Waals surface area (Å²) < 4.78 is 0. The topological polar surface area (TPSA) is 67.2 Å². The van der Waals surface area contributed by atoms with Gasteiger partial charge in [-0.2, -0.15) is 0 Å². The summed E-state index contributed by atoms with van der Waals surface area (Å²) in [6.45, 7) is 4.46. The lowest BCUT2D eigenvalue weighted by Gasteiger charge is -2.10. The Hall–Kier alpha value is -1.04. The van der Waals surface area contributed by atoms with Crippen LogP contribution in [0.2, 0.25) is 10.0 Å². The Morgan fingerprint density at radius 1 is 1.22 bits per heavy atom. The average Bonchev–Trinajstić information content (AvgIpc) is 2.31. The van der Waals surface area contributed by atoms with Gasteiger partial charge in [0.25, 0.3) is 5.69 Å². The zero-order valence-electron chi connectivity index (χ0n) is 10.0. The van der Waals surface area contributed by atoms with Gasteiger partial charge in [-0.05, 0) is 13.0 Å². The second-order valence-corrected chi connectivity index (χ2v) is 4.53. The van der Waals surface area contributed by atoms with Gasteiger partial charge in [0.1, 0.15) is 0 Å². The van der Waals surface area contributed by atoms with E-state index in [1.54, 1.807) is 0 Å². The van der Waals surface area contributed by atoms with E-state index in [2.05, 4.69) is 17.6 Å². The third kappa shape index (κ3) is 4.33. The number of anilines is 1. The minimum atomic E-state index is -0.523. The predicted octanol–water partition coefficient (Wildman–Crippen LogP) is 3.31. The highest BCUT2D eigenvalue weighted by Gasteiger charge is 2.13. The number of rotatable bonds is 7. The number of benzene rings is 1. The molecule has 18 heavy (non-hydrogen) atoms. The van der Waals surface area contributed by atoms with Crippen LogP contribution in [0.1, 0.15) is 13.3 Å². The largest absolute Gasteiger partial charge is 0.381 e. The molecule has 0 aromatic heterocycles. The Bertz CT molecular complexity index is 404. The van der Waals surface area contributed by atoms with E-state index in [4.69, 9.17) is 23.2 Å². The molecular formula is C11H15Cl2N3O2. The first-order chi connectivity index (χ1) is 8.56. The predicted molar refractivity (Wildman–Crippen MR) is 74.8 cm³/mol. The normalized spacial score (nSPS) is 10.4. The van der Waals surface area contributed by atoms with Crippen LogP contribution in [-0.2, 0) is 0 Å². The number of hydrogen-bond donors (Lipinski definition) is 2. The maximum Gasteiger partial charge on any atom is 0.272 e. The highest BCUT2D eigenvalue weighted by atomic mass is 35.5. The number of nitro benzene ring substituents is 1. The fourth-order valence-electron chi connectivity index (χ4n) is 1.41. The molecule has 7 heteroatoms. The van der Waals surface area contributed by atoms with Gasteiger partial charge in [0.2, 0.25) is 0 Å². The van der Waals surface area contributed by atoms with Gasteiger partial charge in [0, 0.05) is 25.2 Å². The highest BCUT2D eigenvalue weighted by molar-refractivity contribution is 6.39. The standard InChI is InChI=1S/C11H15Cl2N3O2/c1-2-3-14-4-5-15-11-9(12)6-8(16(17)18)7-10(11)13/h6-7,14-15H,2-5H2,1H3. The molecular weight excluding hydrogens is 277 g/mol. The lowest BCUT2D eigenvalue weighted by molar-refractivity contribution is -0.384. The lowest BCUT2D eigenvalue weighted by Crippen LogP contribution is -2.22. The molecule has 0 amide bonds. The van der Waals surface area contributed by atoms with Crippen LogP contribution in [0.4, 0.5) is 11.4 Å². The highest BCUT2D eigenvalue weighted by Crippen LogP contribution is 2.34.